The van der Waals surface area contributed by atoms with Gasteiger partial charge in [-0.2, -0.15) is 5.26 Å². The van der Waals surface area contributed by atoms with E-state index in [9.17, 15) is 9.59 Å². The fraction of sp³-hybridized carbons (Fsp3) is 0.0769. The number of rotatable bonds is 3. The van der Waals surface area contributed by atoms with Crippen LogP contribution in [-0.4, -0.2) is 22.0 Å². The van der Waals surface area contributed by atoms with E-state index < -0.39 is 11.9 Å². The smallest absolute Gasteiger partial charge is 0.348 e. The molecule has 0 fully saturated rings. The summed E-state index contributed by atoms with van der Waals surface area (Å²) >= 11 is 1.03. The van der Waals surface area contributed by atoms with Crippen LogP contribution in [0.15, 0.2) is 23.6 Å². The zero-order valence-corrected chi connectivity index (χ0v) is 11.2. The van der Waals surface area contributed by atoms with E-state index in [0.29, 0.717) is 11.3 Å². The summed E-state index contributed by atoms with van der Waals surface area (Å²) in [6.45, 7) is 1.63. The summed E-state index contributed by atoms with van der Waals surface area (Å²) in [6.07, 6.45) is 0. The molecule has 0 radical (unpaired) electrons. The summed E-state index contributed by atoms with van der Waals surface area (Å²) in [5.74, 6) is -1.61. The monoisotopic (exact) mass is 287 g/mol. The number of aromatic carboxylic acids is 1. The first-order valence-corrected chi connectivity index (χ1v) is 6.40. The van der Waals surface area contributed by atoms with Gasteiger partial charge in [0.25, 0.3) is 5.91 Å². The predicted octanol–water partition coefficient (Wildman–Crippen LogP) is 2.27. The second-order valence-corrected chi connectivity index (χ2v) is 4.78. The van der Waals surface area contributed by atoms with Crippen molar-refractivity contribution >= 4 is 28.9 Å². The maximum Gasteiger partial charge on any atom is 0.348 e. The molecule has 0 spiro atoms. The van der Waals surface area contributed by atoms with Crippen LogP contribution in [-0.2, 0) is 0 Å². The van der Waals surface area contributed by atoms with Crippen molar-refractivity contribution in [2.24, 2.45) is 0 Å². The highest BCUT2D eigenvalue weighted by molar-refractivity contribution is 7.12. The molecule has 0 saturated heterocycles. The van der Waals surface area contributed by atoms with E-state index in [-0.39, 0.29) is 16.3 Å². The minimum Gasteiger partial charge on any atom is -0.477 e. The number of aryl methyl sites for hydroxylation is 1. The van der Waals surface area contributed by atoms with Gasteiger partial charge in [-0.15, -0.1) is 11.3 Å². The predicted molar refractivity (Wildman–Crippen MR) is 72.9 cm³/mol. The van der Waals surface area contributed by atoms with Crippen LogP contribution in [0.3, 0.4) is 0 Å². The minimum absolute atomic E-state index is 0.0590. The Morgan fingerprint density at radius 1 is 1.40 bits per heavy atom. The Balaban J connectivity index is 2.25. The van der Waals surface area contributed by atoms with Gasteiger partial charge in [0.1, 0.15) is 16.6 Å². The number of carbonyl (C=O) groups is 2. The highest BCUT2D eigenvalue weighted by Crippen LogP contribution is 2.22. The molecule has 0 saturated carbocycles. The molecule has 0 bridgehead atoms. The molecule has 0 aliphatic heterocycles. The topological polar surface area (TPSA) is 103 Å². The summed E-state index contributed by atoms with van der Waals surface area (Å²) in [7, 11) is 0. The van der Waals surface area contributed by atoms with Crippen molar-refractivity contribution in [2.45, 2.75) is 6.92 Å². The average Bonchev–Trinajstić information content (AvgIpc) is 2.86. The van der Waals surface area contributed by atoms with Gasteiger partial charge in [-0.05, 0) is 30.5 Å². The molecule has 6 nitrogen and oxygen atoms in total. The molecule has 7 heteroatoms. The van der Waals surface area contributed by atoms with Crippen LogP contribution in [0.4, 0.5) is 5.69 Å². The van der Waals surface area contributed by atoms with E-state index in [1.807, 2.05) is 6.07 Å². The molecule has 0 aliphatic rings. The third-order valence-corrected chi connectivity index (χ3v) is 3.45. The van der Waals surface area contributed by atoms with Crippen molar-refractivity contribution in [2.75, 3.05) is 5.32 Å². The molecule has 2 heterocycles. The van der Waals surface area contributed by atoms with Crippen LogP contribution < -0.4 is 5.32 Å². The van der Waals surface area contributed by atoms with Gasteiger partial charge >= 0.3 is 5.97 Å². The normalized spacial score (nSPS) is 9.80. The Hall–Kier alpha value is -2.72. The van der Waals surface area contributed by atoms with Crippen molar-refractivity contribution in [3.05, 3.63) is 45.4 Å². The average molecular weight is 287 g/mol. The SMILES string of the molecule is Cc1nc(C(=O)Nc2ccsc2C(=O)O)ccc1C#N. The number of hydrogen-bond acceptors (Lipinski definition) is 5. The van der Waals surface area contributed by atoms with Gasteiger partial charge in [-0.25, -0.2) is 9.78 Å². The molecule has 0 unspecified atom stereocenters. The van der Waals surface area contributed by atoms with Gasteiger partial charge in [-0.1, -0.05) is 0 Å². The molecule has 1 amide bonds. The molecule has 2 N–H and O–H groups in total. The molecule has 100 valence electrons. The molecule has 2 rings (SSSR count). The van der Waals surface area contributed by atoms with Crippen molar-refractivity contribution < 1.29 is 14.7 Å². The fourth-order valence-corrected chi connectivity index (χ4v) is 2.25. The maximum absolute atomic E-state index is 12.0. The summed E-state index contributed by atoms with van der Waals surface area (Å²) in [5, 5.41) is 21.8. The van der Waals surface area contributed by atoms with E-state index in [4.69, 9.17) is 10.4 Å². The van der Waals surface area contributed by atoms with Crippen molar-refractivity contribution in [3.63, 3.8) is 0 Å². The Morgan fingerprint density at radius 3 is 2.75 bits per heavy atom. The van der Waals surface area contributed by atoms with Crippen LogP contribution in [0.2, 0.25) is 0 Å². The Morgan fingerprint density at radius 2 is 2.15 bits per heavy atom. The summed E-state index contributed by atoms with van der Waals surface area (Å²) in [6, 6.07) is 6.40. The van der Waals surface area contributed by atoms with E-state index >= 15 is 0 Å². The molecule has 0 atom stereocenters. The molecular formula is C13H9N3O3S. The van der Waals surface area contributed by atoms with E-state index in [1.54, 1.807) is 12.3 Å². The number of carboxylic acids is 1. The number of hydrogen-bond donors (Lipinski definition) is 2. The van der Waals surface area contributed by atoms with Crippen LogP contribution >= 0.6 is 11.3 Å². The van der Waals surface area contributed by atoms with Gasteiger partial charge in [0, 0.05) is 0 Å². The number of carbonyl (C=O) groups excluding carboxylic acids is 1. The lowest BCUT2D eigenvalue weighted by molar-refractivity contribution is 0.0703. The number of nitrogens with one attached hydrogen (secondary N) is 1. The summed E-state index contributed by atoms with van der Waals surface area (Å²) in [5.41, 5.74) is 1.20. The van der Waals surface area contributed by atoms with Crippen molar-refractivity contribution in [3.8, 4) is 6.07 Å². The Kier molecular flexibility index (Phi) is 3.77. The molecular weight excluding hydrogens is 278 g/mol. The number of thiophene rings is 1. The highest BCUT2D eigenvalue weighted by Gasteiger charge is 2.16. The molecule has 2 aromatic heterocycles. The number of pyridine rings is 1. The van der Waals surface area contributed by atoms with Gasteiger partial charge < -0.3 is 10.4 Å². The molecule has 0 aromatic carbocycles. The number of anilines is 1. The van der Waals surface area contributed by atoms with Gasteiger partial charge in [-0.3, -0.25) is 4.79 Å². The lowest BCUT2D eigenvalue weighted by Crippen LogP contribution is -2.15. The van der Waals surface area contributed by atoms with Gasteiger partial charge in [0.2, 0.25) is 0 Å². The molecule has 20 heavy (non-hydrogen) atoms. The van der Waals surface area contributed by atoms with Gasteiger partial charge in [0.15, 0.2) is 0 Å². The third-order valence-electron chi connectivity index (χ3n) is 2.55. The molecule has 2 aromatic rings. The third kappa shape index (κ3) is 2.65. The van der Waals surface area contributed by atoms with Gasteiger partial charge in [0.05, 0.1) is 16.9 Å². The van der Waals surface area contributed by atoms with Crippen molar-refractivity contribution in [1.29, 1.82) is 5.26 Å². The number of aromatic nitrogens is 1. The quantitative estimate of drug-likeness (QED) is 0.901. The second-order valence-electron chi connectivity index (χ2n) is 3.86. The van der Waals surface area contributed by atoms with Crippen molar-refractivity contribution in [1.82, 2.24) is 4.98 Å². The van der Waals surface area contributed by atoms with Crippen LogP contribution in [0.25, 0.3) is 0 Å². The first-order chi connectivity index (χ1) is 9.52. The maximum atomic E-state index is 12.0. The molecule has 0 aliphatic carbocycles. The first kappa shape index (κ1) is 13.7. The van der Waals surface area contributed by atoms with Crippen LogP contribution in [0, 0.1) is 18.3 Å². The Labute approximate surface area is 118 Å². The number of carboxylic acid groups (broad SMARTS) is 1. The van der Waals surface area contributed by atoms with Crippen LogP contribution in [0.1, 0.15) is 31.4 Å². The fourth-order valence-electron chi connectivity index (χ4n) is 1.57. The number of nitrogens with zero attached hydrogens (tertiary/aromatic N) is 2. The standard InChI is InChI=1S/C13H9N3O3S/c1-7-8(6-14)2-3-10(15-7)12(17)16-9-4-5-20-11(9)13(18)19/h2-5H,1H3,(H,16,17)(H,18,19). The van der Waals surface area contributed by atoms with Crippen LogP contribution in [0.5, 0.6) is 0 Å². The number of amides is 1. The van der Waals surface area contributed by atoms with E-state index in [2.05, 4.69) is 10.3 Å². The zero-order chi connectivity index (χ0) is 14.7. The van der Waals surface area contributed by atoms with E-state index in [1.165, 1.54) is 18.2 Å². The second kappa shape index (κ2) is 5.50. The minimum atomic E-state index is -1.10. The Bertz CT molecular complexity index is 731. The zero-order valence-electron chi connectivity index (χ0n) is 10.4. The number of nitriles is 1. The lowest BCUT2D eigenvalue weighted by atomic mass is 10.2. The largest absolute Gasteiger partial charge is 0.477 e. The first-order valence-electron chi connectivity index (χ1n) is 5.53. The summed E-state index contributed by atoms with van der Waals surface area (Å²) < 4.78 is 0. The highest BCUT2D eigenvalue weighted by atomic mass is 32.1. The summed E-state index contributed by atoms with van der Waals surface area (Å²) in [4.78, 5) is 27.0. The lowest BCUT2D eigenvalue weighted by Gasteiger charge is -2.05. The van der Waals surface area contributed by atoms with E-state index in [0.717, 1.165) is 11.3 Å².